The van der Waals surface area contributed by atoms with Crippen molar-refractivity contribution in [1.82, 2.24) is 5.32 Å². The van der Waals surface area contributed by atoms with Crippen LogP contribution in [0.3, 0.4) is 0 Å². The van der Waals surface area contributed by atoms with Gasteiger partial charge >= 0.3 is 5.97 Å². The van der Waals surface area contributed by atoms with Gasteiger partial charge in [-0.1, -0.05) is 83.9 Å². The van der Waals surface area contributed by atoms with Crippen LogP contribution in [0.5, 0.6) is 0 Å². The summed E-state index contributed by atoms with van der Waals surface area (Å²) in [5, 5.41) is 4.09. The highest BCUT2D eigenvalue weighted by Crippen LogP contribution is 2.35. The van der Waals surface area contributed by atoms with E-state index in [1.54, 1.807) is 48.5 Å². The molecule has 4 nitrogen and oxygen atoms in total. The first kappa shape index (κ1) is 24.5. The van der Waals surface area contributed by atoms with Gasteiger partial charge < -0.3 is 10.1 Å². The molecule has 0 saturated heterocycles. The van der Waals surface area contributed by atoms with E-state index in [0.29, 0.717) is 21.2 Å². The molecule has 176 valence electrons. The molecule has 0 radical (unpaired) electrons. The number of amides is 1. The maximum Gasteiger partial charge on any atom is 0.338 e. The fourth-order valence-electron chi connectivity index (χ4n) is 3.80. The Morgan fingerprint density at radius 1 is 0.657 bits per heavy atom. The van der Waals surface area contributed by atoms with Crippen LogP contribution in [0.15, 0.2) is 109 Å². The van der Waals surface area contributed by atoms with Crippen molar-refractivity contribution < 1.29 is 14.3 Å². The lowest BCUT2D eigenvalue weighted by Crippen LogP contribution is -2.32. The molecule has 35 heavy (non-hydrogen) atoms. The Kier molecular flexibility index (Phi) is 8.19. The Bertz CT molecular complexity index is 1260. The summed E-state index contributed by atoms with van der Waals surface area (Å²) < 4.78 is 6.08. The molecule has 1 N–H and O–H groups in total. The first-order valence-corrected chi connectivity index (χ1v) is 11.9. The highest BCUT2D eigenvalue weighted by Gasteiger charge is 2.29. The van der Waals surface area contributed by atoms with Gasteiger partial charge in [-0.15, -0.1) is 0 Å². The molecule has 0 aliphatic heterocycles. The molecule has 0 bridgehead atoms. The van der Waals surface area contributed by atoms with Crippen molar-refractivity contribution in [2.24, 2.45) is 0 Å². The minimum absolute atomic E-state index is 0.238. The maximum atomic E-state index is 13.1. The molecule has 1 amide bonds. The predicted octanol–water partition coefficient (Wildman–Crippen LogP) is 7.11. The number of nitrogens with one attached hydrogen (secondary N) is 1. The van der Waals surface area contributed by atoms with E-state index in [1.807, 2.05) is 60.7 Å². The van der Waals surface area contributed by atoms with E-state index in [-0.39, 0.29) is 18.4 Å². The lowest BCUT2D eigenvalue weighted by atomic mass is 9.88. The normalized spacial score (nSPS) is 12.4. The van der Waals surface area contributed by atoms with Crippen molar-refractivity contribution in [3.63, 3.8) is 0 Å². The van der Waals surface area contributed by atoms with E-state index in [0.717, 1.165) is 11.1 Å². The third-order valence-electron chi connectivity index (χ3n) is 5.62. The monoisotopic (exact) mass is 503 g/mol. The topological polar surface area (TPSA) is 55.4 Å². The highest BCUT2D eigenvalue weighted by atomic mass is 35.5. The summed E-state index contributed by atoms with van der Waals surface area (Å²) in [7, 11) is 0. The van der Waals surface area contributed by atoms with Gasteiger partial charge in [0.05, 0.1) is 5.56 Å². The molecule has 0 aliphatic carbocycles. The van der Waals surface area contributed by atoms with Crippen molar-refractivity contribution in [3.05, 3.63) is 141 Å². The van der Waals surface area contributed by atoms with E-state index < -0.39 is 12.1 Å². The van der Waals surface area contributed by atoms with Gasteiger partial charge in [-0.05, 0) is 59.7 Å². The standard InChI is InChI=1S/C29H23Cl2NO3/c30-24-15-11-22(12-16-24)28(33)32-19-26(20-7-3-1-4-8-20)27(21-9-5-2-6-10-21)35-29(34)23-13-17-25(31)18-14-23/h1-18,26-27H,19H2,(H,32,33). The number of carbonyl (C=O) groups is 2. The van der Waals surface area contributed by atoms with E-state index in [9.17, 15) is 9.59 Å². The zero-order chi connectivity index (χ0) is 24.6. The second-order valence-corrected chi connectivity index (χ2v) is 8.85. The van der Waals surface area contributed by atoms with Crippen LogP contribution in [0.1, 0.15) is 43.9 Å². The second-order valence-electron chi connectivity index (χ2n) is 7.98. The number of ether oxygens (including phenoxy) is 1. The predicted molar refractivity (Wildman–Crippen MR) is 139 cm³/mol. The summed E-state index contributed by atoms with van der Waals surface area (Å²) in [5.74, 6) is -1.05. The van der Waals surface area contributed by atoms with Crippen molar-refractivity contribution in [1.29, 1.82) is 0 Å². The number of hydrogen-bond donors (Lipinski definition) is 1. The van der Waals surface area contributed by atoms with Gasteiger partial charge in [0.2, 0.25) is 0 Å². The smallest absolute Gasteiger partial charge is 0.338 e. The average molecular weight is 504 g/mol. The zero-order valence-electron chi connectivity index (χ0n) is 18.7. The number of esters is 1. The molecule has 4 aromatic rings. The van der Waals surface area contributed by atoms with Crippen LogP contribution in [0, 0.1) is 0 Å². The molecule has 4 aromatic carbocycles. The summed E-state index contributed by atoms with van der Waals surface area (Å²) in [6.45, 7) is 0.249. The fraction of sp³-hybridized carbons (Fsp3) is 0.103. The molecule has 0 spiro atoms. The summed E-state index contributed by atoms with van der Waals surface area (Å²) in [6, 6.07) is 32.5. The summed E-state index contributed by atoms with van der Waals surface area (Å²) >= 11 is 11.9. The van der Waals surface area contributed by atoms with Crippen LogP contribution in [-0.2, 0) is 4.74 Å². The van der Waals surface area contributed by atoms with Gasteiger partial charge in [-0.25, -0.2) is 4.79 Å². The Morgan fingerprint density at radius 2 is 1.14 bits per heavy atom. The van der Waals surface area contributed by atoms with Crippen molar-refractivity contribution in [2.75, 3.05) is 6.54 Å². The van der Waals surface area contributed by atoms with Gasteiger partial charge in [-0.2, -0.15) is 0 Å². The number of halogens is 2. The number of benzene rings is 4. The van der Waals surface area contributed by atoms with Crippen LogP contribution in [-0.4, -0.2) is 18.4 Å². The van der Waals surface area contributed by atoms with Crippen LogP contribution < -0.4 is 5.32 Å². The highest BCUT2D eigenvalue weighted by molar-refractivity contribution is 6.31. The van der Waals surface area contributed by atoms with Crippen molar-refractivity contribution in [2.45, 2.75) is 12.0 Å². The van der Waals surface area contributed by atoms with E-state index >= 15 is 0 Å². The lowest BCUT2D eigenvalue weighted by Gasteiger charge is -2.28. The van der Waals surface area contributed by atoms with Gasteiger partial charge in [0.15, 0.2) is 0 Å². The number of hydrogen-bond acceptors (Lipinski definition) is 3. The molecular weight excluding hydrogens is 481 g/mol. The quantitative estimate of drug-likeness (QED) is 0.260. The van der Waals surface area contributed by atoms with Crippen LogP contribution in [0.4, 0.5) is 0 Å². The molecule has 2 atom stereocenters. The van der Waals surface area contributed by atoms with E-state index in [2.05, 4.69) is 5.32 Å². The van der Waals surface area contributed by atoms with Gasteiger partial charge in [-0.3, -0.25) is 4.79 Å². The van der Waals surface area contributed by atoms with E-state index in [4.69, 9.17) is 27.9 Å². The minimum atomic E-state index is -0.646. The number of carbonyl (C=O) groups excluding carboxylic acids is 2. The largest absolute Gasteiger partial charge is 0.453 e. The summed E-state index contributed by atoms with van der Waals surface area (Å²) in [5.41, 5.74) is 2.65. The Morgan fingerprint density at radius 3 is 1.69 bits per heavy atom. The second kappa shape index (κ2) is 11.7. The first-order chi connectivity index (χ1) is 17.0. The van der Waals surface area contributed by atoms with Crippen molar-refractivity contribution >= 4 is 35.1 Å². The molecule has 0 fully saturated rings. The fourth-order valence-corrected chi connectivity index (χ4v) is 4.05. The van der Waals surface area contributed by atoms with Gasteiger partial charge in [0.1, 0.15) is 6.10 Å². The third-order valence-corrected chi connectivity index (χ3v) is 6.13. The Hall–Kier alpha value is -3.60. The molecule has 0 saturated carbocycles. The SMILES string of the molecule is O=C(NCC(c1ccccc1)C(OC(=O)c1ccc(Cl)cc1)c1ccccc1)c1ccc(Cl)cc1. The van der Waals surface area contributed by atoms with E-state index in [1.165, 1.54) is 0 Å². The molecule has 2 unspecified atom stereocenters. The Balaban J connectivity index is 1.64. The summed E-state index contributed by atoms with van der Waals surface area (Å²) in [4.78, 5) is 26.0. The molecule has 0 aliphatic rings. The molecular formula is C29H23Cl2NO3. The molecule has 0 heterocycles. The van der Waals surface area contributed by atoms with Gasteiger partial charge in [0.25, 0.3) is 5.91 Å². The third kappa shape index (κ3) is 6.50. The lowest BCUT2D eigenvalue weighted by molar-refractivity contribution is 0.0226. The minimum Gasteiger partial charge on any atom is -0.453 e. The van der Waals surface area contributed by atoms with Gasteiger partial charge in [0, 0.05) is 28.1 Å². The number of rotatable bonds is 8. The van der Waals surface area contributed by atoms with Crippen LogP contribution >= 0.6 is 23.2 Å². The van der Waals surface area contributed by atoms with Crippen LogP contribution in [0.25, 0.3) is 0 Å². The Labute approximate surface area is 214 Å². The molecule has 0 aromatic heterocycles. The summed E-state index contributed by atoms with van der Waals surface area (Å²) in [6.07, 6.45) is -0.646. The molecule has 6 heteroatoms. The zero-order valence-corrected chi connectivity index (χ0v) is 20.2. The maximum absolute atomic E-state index is 13.1. The first-order valence-electron chi connectivity index (χ1n) is 11.1. The molecule has 4 rings (SSSR count). The van der Waals surface area contributed by atoms with Crippen molar-refractivity contribution in [3.8, 4) is 0 Å². The van der Waals surface area contributed by atoms with Crippen LogP contribution in [0.2, 0.25) is 10.0 Å². The average Bonchev–Trinajstić information content (AvgIpc) is 2.90.